The third-order valence-corrected chi connectivity index (χ3v) is 6.20. The predicted molar refractivity (Wildman–Crippen MR) is 247 cm³/mol. The summed E-state index contributed by atoms with van der Waals surface area (Å²) < 4.78 is 162. The molecule has 0 aliphatic heterocycles. The molecule has 0 N–H and O–H groups in total. The van der Waals surface area contributed by atoms with Crippen LogP contribution in [0.3, 0.4) is 0 Å². The van der Waals surface area contributed by atoms with Gasteiger partial charge in [-0.05, 0) is 27.7 Å². The van der Waals surface area contributed by atoms with E-state index in [9.17, 15) is 97.0 Å². The molecule has 0 radical (unpaired) electrons. The molecule has 79 heavy (non-hydrogen) atoms. The zero-order chi connectivity index (χ0) is 63.0. The molecular weight excluding hydrogens is 1100 g/mol. The lowest BCUT2D eigenvalue weighted by Crippen LogP contribution is -2.38. The predicted octanol–water partition coefficient (Wildman–Crippen LogP) is 4.95. The number of alkyl halides is 6. The molecule has 0 aliphatic rings. The molecule has 0 heterocycles. The van der Waals surface area contributed by atoms with Crippen molar-refractivity contribution in [1.82, 2.24) is 0 Å². The second-order valence-electron chi connectivity index (χ2n) is 13.0. The summed E-state index contributed by atoms with van der Waals surface area (Å²) >= 11 is 0. The summed E-state index contributed by atoms with van der Waals surface area (Å²) in [7, 11) is -8.98. The number of rotatable bonds is 24. The van der Waals surface area contributed by atoms with Crippen molar-refractivity contribution in [2.45, 2.75) is 40.0 Å². The lowest BCUT2D eigenvalue weighted by molar-refractivity contribution is -0.153. The molecule has 0 atom stereocenters. The minimum absolute atomic E-state index is 0.0581. The van der Waals surface area contributed by atoms with Gasteiger partial charge in [0.1, 0.15) is 11.1 Å². The van der Waals surface area contributed by atoms with E-state index in [1.807, 2.05) is 0 Å². The van der Waals surface area contributed by atoms with E-state index in [1.165, 1.54) is 20.8 Å². The van der Waals surface area contributed by atoms with Gasteiger partial charge in [-0.25, -0.2) is 57.5 Å². The third kappa shape index (κ3) is 35.1. The molecule has 0 bridgehead atoms. The van der Waals surface area contributed by atoms with Gasteiger partial charge in [-0.2, -0.15) is 39.5 Å². The van der Waals surface area contributed by atoms with Crippen molar-refractivity contribution >= 4 is 101 Å². The first-order valence-electron chi connectivity index (χ1n) is 19.5. The zero-order valence-electron chi connectivity index (χ0n) is 41.2. The Morgan fingerprint density at radius 1 is 0.304 bits per heavy atom. The molecule has 426 valence electrons. The van der Waals surface area contributed by atoms with Crippen molar-refractivity contribution in [3.63, 3.8) is 0 Å². The highest BCUT2D eigenvalue weighted by molar-refractivity contribution is 6.47. The molecule has 0 fully saturated rings. The molecule has 0 aliphatic carbocycles. The van der Waals surface area contributed by atoms with Gasteiger partial charge < -0.3 is 55.9 Å². The van der Waals surface area contributed by atoms with E-state index < -0.39 is 142 Å². The Bertz CT molecular complexity index is 2240. The van der Waals surface area contributed by atoms with Crippen molar-refractivity contribution in [1.29, 1.82) is 0 Å². The average molecular weight is 1140 g/mol. The Hall–Kier alpha value is -9.85. The molecule has 0 saturated carbocycles. The molecule has 37 heteroatoms. The summed E-state index contributed by atoms with van der Waals surface area (Å²) in [5, 5.41) is 0. The Morgan fingerprint density at radius 2 is 0.456 bits per heavy atom. The van der Waals surface area contributed by atoms with E-state index in [4.69, 9.17) is 0 Å². The van der Waals surface area contributed by atoms with E-state index in [2.05, 4.69) is 135 Å². The molecule has 0 saturated heterocycles. The van der Waals surface area contributed by atoms with Gasteiger partial charge in [-0.1, -0.05) is 78.9 Å². The summed E-state index contributed by atoms with van der Waals surface area (Å²) in [5.41, 5.74) is -4.39. The van der Waals surface area contributed by atoms with Crippen LogP contribution in [0.25, 0.3) is 0 Å². The molecule has 0 aromatic heterocycles. The molecule has 0 rings (SSSR count). The van der Waals surface area contributed by atoms with Crippen LogP contribution in [0, 0.1) is 0 Å². The van der Waals surface area contributed by atoms with Crippen LogP contribution in [0.1, 0.15) is 27.7 Å². The fourth-order valence-electron chi connectivity index (χ4n) is 2.47. The molecule has 0 spiro atoms. The van der Waals surface area contributed by atoms with Crippen molar-refractivity contribution in [3.05, 3.63) is 148 Å². The van der Waals surface area contributed by atoms with Gasteiger partial charge in [-0.15, -0.1) is 0 Å². The minimum atomic E-state index is -5.25. The molecule has 0 aromatic carbocycles. The number of carbonyl (C=O) groups excluding carboxylic acids is 12. The van der Waals surface area contributed by atoms with Crippen LogP contribution in [0.5, 0.6) is 0 Å². The van der Waals surface area contributed by atoms with Crippen LogP contribution in [0.15, 0.2) is 148 Å². The van der Waals surface area contributed by atoms with E-state index in [-0.39, 0.29) is 22.3 Å². The Morgan fingerprint density at radius 3 is 0.595 bits per heavy atom. The van der Waals surface area contributed by atoms with Crippen molar-refractivity contribution in [2.75, 3.05) is 0 Å². The van der Waals surface area contributed by atoms with E-state index in [1.54, 1.807) is 0 Å². The second-order valence-corrected chi connectivity index (χ2v) is 13.0. The van der Waals surface area contributed by atoms with Gasteiger partial charge in [0.25, 0.3) is 0 Å². The van der Waals surface area contributed by atoms with Crippen molar-refractivity contribution < 1.29 is 153 Å². The largest absolute Gasteiger partial charge is 0.870 e. The maximum absolute atomic E-state index is 12.3. The van der Waals surface area contributed by atoms with Gasteiger partial charge in [-0.3, -0.25) is 0 Å². The number of hydrogen-bond donors (Lipinski definition) is 0. The van der Waals surface area contributed by atoms with Gasteiger partial charge >= 0.3 is 113 Å². The van der Waals surface area contributed by atoms with E-state index in [0.717, 1.165) is 25.2 Å². The van der Waals surface area contributed by atoms with Crippen LogP contribution >= 0.6 is 0 Å². The first kappa shape index (κ1) is 75.7. The van der Waals surface area contributed by atoms with Crippen LogP contribution in [-0.2, 0) is 113 Å². The maximum atomic E-state index is 12.3. The Kier molecular flexibility index (Phi) is 34.7. The summed E-state index contributed by atoms with van der Waals surface area (Å²) in [5.74, 6) is -21.5. The van der Waals surface area contributed by atoms with E-state index in [0.29, 0.717) is 0 Å². The monoisotopic (exact) mass is 1140 g/mol. The fourth-order valence-corrected chi connectivity index (χ4v) is 2.47. The highest BCUT2D eigenvalue weighted by Crippen LogP contribution is 2.27. The van der Waals surface area contributed by atoms with Gasteiger partial charge in [0, 0.05) is 40.5 Å². The topological polar surface area (TPSA) is 316 Å². The average Bonchev–Trinajstić information content (AvgIpc) is 3.32. The highest BCUT2D eigenvalue weighted by Gasteiger charge is 2.47. The lowest BCUT2D eigenvalue weighted by atomic mass is 10.1. The number of hydrogen-bond acceptors (Lipinski definition) is 24. The zero-order valence-corrected chi connectivity index (χ0v) is 41.2. The minimum Gasteiger partial charge on any atom is -0.459 e. The third-order valence-electron chi connectivity index (χ3n) is 6.20. The van der Waals surface area contributed by atoms with Gasteiger partial charge in [0.15, 0.2) is 17.5 Å². The van der Waals surface area contributed by atoms with Crippen molar-refractivity contribution in [2.24, 2.45) is 0 Å². The van der Waals surface area contributed by atoms with Crippen LogP contribution in [0.4, 0.5) is 39.5 Å². The molecule has 0 unspecified atom stereocenters. The normalized spacial score (nSPS) is 9.53. The van der Waals surface area contributed by atoms with E-state index >= 15 is 0 Å². The molecular formula is C42H39B4F9O24. The number of halogens is 9. The van der Waals surface area contributed by atoms with Crippen LogP contribution in [0.2, 0.25) is 0 Å². The first-order valence-corrected chi connectivity index (χ1v) is 19.5. The highest BCUT2D eigenvalue weighted by atomic mass is 19.4. The number of carbonyl (C=O) groups is 12. The quantitative estimate of drug-likeness (QED) is 0.0701. The smallest absolute Gasteiger partial charge is 0.459 e. The summed E-state index contributed by atoms with van der Waals surface area (Å²) in [4.78, 5) is 132. The van der Waals surface area contributed by atoms with Crippen molar-refractivity contribution in [3.8, 4) is 0 Å². The molecule has 0 amide bonds. The summed E-state index contributed by atoms with van der Waals surface area (Å²) in [6.07, 6.45) is -8.05. The van der Waals surface area contributed by atoms with Crippen LogP contribution in [-0.4, -0.2) is 113 Å². The lowest BCUT2D eigenvalue weighted by Gasteiger charge is -2.16. The Labute approximate surface area is 441 Å². The first-order chi connectivity index (χ1) is 35.9. The maximum Gasteiger partial charge on any atom is 0.870 e. The van der Waals surface area contributed by atoms with Gasteiger partial charge in [0.05, 0.1) is 0 Å². The van der Waals surface area contributed by atoms with Crippen LogP contribution < -0.4 is 0 Å². The second kappa shape index (κ2) is 36.2. The fraction of sp³-hybridized carbons (Fsp3) is 0.143. The van der Waals surface area contributed by atoms with Gasteiger partial charge in [0.2, 0.25) is 0 Å². The SMILES string of the molecule is C=C(C)C(=O)OB(OC(=O)C(=C)C(F)(F)F)OC(=O)C(=C)C(F)(F)F.C=C(C)C(=O)OB(OC(=O)C(=C)C)OC(=O)C(=C)C.C=C(F)C(=O)OB(OC(=O)C(=C)F)OC(=O)C(=C)F.C=CC(=O)OB(OC(=O)C=C)OC(=O)C=C. The standard InChI is InChI=1S/C12H9BF6O6.C12H15BO6.C9H6BF3O6.C9H9BO6/c1-5(2)8(20)23-13(24-9(21)6(3)11(14,15)16)25-10(22)7(4)12(17,18)19;1-7(2)10(14)17-13(18-11(15)8(3)4)19-12(16)9(5)6;1-4(11)7(14)17-10(18-8(15)5(2)12)19-9(16)6(3)13;1-4-7(11)14-10(15-8(12)5-2)16-9(13)6-3/h1,3-4H2,2H3;1,3,5H2,2,4,6H3;1-3H2;4-6H,1-3H2. The Balaban J connectivity index is -0.000000481. The summed E-state index contributed by atoms with van der Waals surface area (Å²) in [6.45, 7) is 40.0. The summed E-state index contributed by atoms with van der Waals surface area (Å²) in [6, 6.07) is 0. The molecule has 24 nitrogen and oxygen atoms in total. The molecule has 0 aromatic rings.